The summed E-state index contributed by atoms with van der Waals surface area (Å²) >= 11 is 3.08. The SMILES string of the molecule is O=C(Oc1ccccc1O)c1cc2c(cc1Br)OC(F)(F)O2. The Morgan fingerprint density at radius 1 is 1.18 bits per heavy atom. The second kappa shape index (κ2) is 5.13. The van der Waals surface area contributed by atoms with Crippen molar-refractivity contribution in [3.63, 3.8) is 0 Å². The van der Waals surface area contributed by atoms with E-state index in [0.717, 1.165) is 6.07 Å². The molecule has 0 atom stereocenters. The van der Waals surface area contributed by atoms with E-state index in [9.17, 15) is 18.7 Å². The zero-order valence-corrected chi connectivity index (χ0v) is 12.3. The first-order valence-corrected chi connectivity index (χ1v) is 6.74. The van der Waals surface area contributed by atoms with E-state index in [1.165, 1.54) is 18.2 Å². The number of carbonyl (C=O) groups excluding carboxylic acids is 1. The lowest BCUT2D eigenvalue weighted by molar-refractivity contribution is -0.286. The highest BCUT2D eigenvalue weighted by atomic mass is 79.9. The van der Waals surface area contributed by atoms with Gasteiger partial charge in [-0.05, 0) is 34.1 Å². The normalized spacial score (nSPS) is 14.7. The van der Waals surface area contributed by atoms with Crippen molar-refractivity contribution in [2.75, 3.05) is 0 Å². The summed E-state index contributed by atoms with van der Waals surface area (Å²) in [4.78, 5) is 12.1. The van der Waals surface area contributed by atoms with Crippen LogP contribution in [0.5, 0.6) is 23.0 Å². The molecule has 0 unspecified atom stereocenters. The number of rotatable bonds is 2. The van der Waals surface area contributed by atoms with Gasteiger partial charge in [0.05, 0.1) is 5.56 Å². The molecule has 0 spiro atoms. The minimum Gasteiger partial charge on any atom is -0.504 e. The van der Waals surface area contributed by atoms with E-state index in [2.05, 4.69) is 25.4 Å². The zero-order valence-electron chi connectivity index (χ0n) is 10.7. The maximum absolute atomic E-state index is 13.0. The molecule has 1 N–H and O–H groups in total. The molecule has 8 heteroatoms. The smallest absolute Gasteiger partial charge is 0.504 e. The Balaban J connectivity index is 1.90. The molecule has 1 aliphatic rings. The van der Waals surface area contributed by atoms with Crippen molar-refractivity contribution in [3.8, 4) is 23.0 Å². The van der Waals surface area contributed by atoms with Gasteiger partial charge < -0.3 is 19.3 Å². The maximum Gasteiger partial charge on any atom is 0.586 e. The molecule has 2 aromatic rings. The summed E-state index contributed by atoms with van der Waals surface area (Å²) in [6.07, 6.45) is -3.78. The largest absolute Gasteiger partial charge is 0.586 e. The van der Waals surface area contributed by atoms with Crippen LogP contribution in [0.15, 0.2) is 40.9 Å². The summed E-state index contributed by atoms with van der Waals surface area (Å²) < 4.78 is 39.7. The van der Waals surface area contributed by atoms with Gasteiger partial charge in [0.2, 0.25) is 0 Å². The lowest BCUT2D eigenvalue weighted by atomic mass is 10.2. The highest BCUT2D eigenvalue weighted by Gasteiger charge is 2.44. The van der Waals surface area contributed by atoms with E-state index in [-0.39, 0.29) is 33.0 Å². The van der Waals surface area contributed by atoms with Gasteiger partial charge >= 0.3 is 12.3 Å². The van der Waals surface area contributed by atoms with Gasteiger partial charge in [-0.25, -0.2) is 4.79 Å². The Bertz CT molecular complexity index is 763. The minimum atomic E-state index is -3.78. The van der Waals surface area contributed by atoms with E-state index in [1.54, 1.807) is 12.1 Å². The number of fused-ring (bicyclic) bond motifs is 1. The molecular weight excluding hydrogens is 366 g/mol. The Kier molecular flexibility index (Phi) is 3.40. The summed E-state index contributed by atoms with van der Waals surface area (Å²) in [6.45, 7) is 0. The second-order valence-corrected chi connectivity index (χ2v) is 5.16. The Morgan fingerprint density at radius 2 is 1.82 bits per heavy atom. The van der Waals surface area contributed by atoms with Crippen LogP contribution in [-0.4, -0.2) is 17.4 Å². The van der Waals surface area contributed by atoms with E-state index in [4.69, 9.17) is 4.74 Å². The molecule has 5 nitrogen and oxygen atoms in total. The van der Waals surface area contributed by atoms with E-state index >= 15 is 0 Å². The molecule has 0 radical (unpaired) electrons. The van der Waals surface area contributed by atoms with Crippen LogP contribution in [0, 0.1) is 0 Å². The van der Waals surface area contributed by atoms with Crippen LogP contribution in [0.1, 0.15) is 10.4 Å². The Morgan fingerprint density at radius 3 is 2.50 bits per heavy atom. The summed E-state index contributed by atoms with van der Waals surface area (Å²) in [5.41, 5.74) is -0.0525. The van der Waals surface area contributed by atoms with Crippen LogP contribution in [-0.2, 0) is 0 Å². The van der Waals surface area contributed by atoms with E-state index in [1.807, 2.05) is 0 Å². The number of para-hydroxylation sites is 2. The summed E-state index contributed by atoms with van der Waals surface area (Å²) in [6, 6.07) is 8.11. The molecule has 0 bridgehead atoms. The molecule has 0 aromatic heterocycles. The number of ether oxygens (including phenoxy) is 3. The predicted octanol–water partition coefficient (Wildman–Crippen LogP) is 3.70. The summed E-state index contributed by atoms with van der Waals surface area (Å²) in [5.74, 6) is -1.61. The predicted molar refractivity (Wildman–Crippen MR) is 73.4 cm³/mol. The molecule has 2 aromatic carbocycles. The van der Waals surface area contributed by atoms with Crippen LogP contribution in [0.3, 0.4) is 0 Å². The molecule has 0 fully saturated rings. The number of hydrogen-bond acceptors (Lipinski definition) is 5. The number of alkyl halides is 2. The van der Waals surface area contributed by atoms with E-state index < -0.39 is 12.3 Å². The first-order chi connectivity index (χ1) is 10.4. The minimum absolute atomic E-state index is 0.0525. The Labute approximate surface area is 131 Å². The van der Waals surface area contributed by atoms with Gasteiger partial charge in [0, 0.05) is 10.5 Å². The molecule has 0 amide bonds. The second-order valence-electron chi connectivity index (χ2n) is 4.30. The van der Waals surface area contributed by atoms with Crippen molar-refractivity contribution in [1.29, 1.82) is 0 Å². The van der Waals surface area contributed by atoms with Gasteiger partial charge in [-0.2, -0.15) is 0 Å². The fourth-order valence-electron chi connectivity index (χ4n) is 1.83. The third-order valence-corrected chi connectivity index (χ3v) is 3.43. The number of carbonyl (C=O) groups is 1. The third-order valence-electron chi connectivity index (χ3n) is 2.78. The highest BCUT2D eigenvalue weighted by Crippen LogP contribution is 2.44. The molecule has 3 rings (SSSR count). The van der Waals surface area contributed by atoms with Crippen LogP contribution < -0.4 is 14.2 Å². The summed E-state index contributed by atoms with van der Waals surface area (Å²) in [7, 11) is 0. The quantitative estimate of drug-likeness (QED) is 0.643. The number of benzene rings is 2. The van der Waals surface area contributed by atoms with Crippen LogP contribution in [0.2, 0.25) is 0 Å². The number of phenols is 1. The molecule has 114 valence electrons. The van der Waals surface area contributed by atoms with Crippen molar-refractivity contribution >= 4 is 21.9 Å². The lowest BCUT2D eigenvalue weighted by Gasteiger charge is -2.08. The average Bonchev–Trinajstić information content (AvgIpc) is 2.73. The van der Waals surface area contributed by atoms with Crippen molar-refractivity contribution in [2.24, 2.45) is 0 Å². The molecule has 0 aliphatic carbocycles. The molecular formula is C14H7BrF2O5. The maximum atomic E-state index is 13.0. The number of halogens is 3. The zero-order chi connectivity index (χ0) is 15.9. The summed E-state index contributed by atoms with van der Waals surface area (Å²) in [5, 5.41) is 9.57. The number of esters is 1. The average molecular weight is 373 g/mol. The molecule has 0 saturated carbocycles. The molecule has 0 saturated heterocycles. The van der Waals surface area contributed by atoms with Crippen LogP contribution in [0.4, 0.5) is 8.78 Å². The van der Waals surface area contributed by atoms with E-state index in [0.29, 0.717) is 0 Å². The Hall–Kier alpha value is -2.35. The monoisotopic (exact) mass is 372 g/mol. The van der Waals surface area contributed by atoms with Gasteiger partial charge in [0.1, 0.15) is 0 Å². The molecule has 1 heterocycles. The number of hydrogen-bond donors (Lipinski definition) is 1. The standard InChI is InChI=1S/C14H7BrF2O5/c15-8-6-12-11(21-14(16,17)22-12)5-7(8)13(19)20-10-4-2-1-3-9(10)18/h1-6,18H. The molecule has 22 heavy (non-hydrogen) atoms. The van der Waals surface area contributed by atoms with Gasteiger partial charge in [-0.15, -0.1) is 8.78 Å². The van der Waals surface area contributed by atoms with Crippen LogP contribution in [0.25, 0.3) is 0 Å². The molecule has 1 aliphatic heterocycles. The van der Waals surface area contributed by atoms with Crippen molar-refractivity contribution in [2.45, 2.75) is 6.29 Å². The first-order valence-electron chi connectivity index (χ1n) is 5.95. The fraction of sp³-hybridized carbons (Fsp3) is 0.0714. The number of aromatic hydroxyl groups is 1. The lowest BCUT2D eigenvalue weighted by Crippen LogP contribution is -2.25. The van der Waals surface area contributed by atoms with Gasteiger partial charge in [0.25, 0.3) is 0 Å². The highest BCUT2D eigenvalue weighted by molar-refractivity contribution is 9.10. The first kappa shape index (κ1) is 14.6. The number of phenolic OH excluding ortho intramolecular Hbond substituents is 1. The van der Waals surface area contributed by atoms with Gasteiger partial charge in [-0.3, -0.25) is 0 Å². The van der Waals surface area contributed by atoms with Crippen molar-refractivity contribution in [3.05, 3.63) is 46.4 Å². The van der Waals surface area contributed by atoms with Gasteiger partial charge in [0.15, 0.2) is 23.0 Å². The third kappa shape index (κ3) is 2.69. The fourth-order valence-corrected chi connectivity index (χ4v) is 2.31. The van der Waals surface area contributed by atoms with Gasteiger partial charge in [-0.1, -0.05) is 12.1 Å². The van der Waals surface area contributed by atoms with Crippen LogP contribution >= 0.6 is 15.9 Å². The topological polar surface area (TPSA) is 65.0 Å². The van der Waals surface area contributed by atoms with Crippen molar-refractivity contribution < 1.29 is 32.9 Å². The van der Waals surface area contributed by atoms with Crippen molar-refractivity contribution in [1.82, 2.24) is 0 Å².